The van der Waals surface area contributed by atoms with E-state index in [-0.39, 0.29) is 5.91 Å². The van der Waals surface area contributed by atoms with Gasteiger partial charge in [0.2, 0.25) is 0 Å². The number of anilines is 2. The highest BCUT2D eigenvalue weighted by molar-refractivity contribution is 5.94. The minimum atomic E-state index is 0.0968. The van der Waals surface area contributed by atoms with Crippen molar-refractivity contribution in [3.05, 3.63) is 54.1 Å². The van der Waals surface area contributed by atoms with Crippen LogP contribution in [0.3, 0.4) is 0 Å². The second kappa shape index (κ2) is 6.60. The maximum absolute atomic E-state index is 12.5. The Morgan fingerprint density at radius 1 is 1.04 bits per heavy atom. The van der Waals surface area contributed by atoms with Crippen LogP contribution in [0.1, 0.15) is 10.4 Å². The van der Waals surface area contributed by atoms with Crippen LogP contribution in [0, 0.1) is 0 Å². The van der Waals surface area contributed by atoms with Crippen LogP contribution in [0.4, 0.5) is 11.4 Å². The summed E-state index contributed by atoms with van der Waals surface area (Å²) in [5.41, 5.74) is 8.42. The Balaban J connectivity index is 1.64. The largest absolute Gasteiger partial charge is 0.495 e. The Kier molecular flexibility index (Phi) is 4.37. The monoisotopic (exact) mass is 311 g/mol. The summed E-state index contributed by atoms with van der Waals surface area (Å²) in [5.74, 6) is 0.783. The molecule has 1 fully saturated rings. The predicted molar refractivity (Wildman–Crippen MR) is 92.0 cm³/mol. The van der Waals surface area contributed by atoms with Crippen molar-refractivity contribution >= 4 is 17.3 Å². The fourth-order valence-corrected chi connectivity index (χ4v) is 2.85. The van der Waals surface area contributed by atoms with Crippen molar-refractivity contribution in [2.75, 3.05) is 43.9 Å². The third-order valence-electron chi connectivity index (χ3n) is 4.17. The summed E-state index contributed by atoms with van der Waals surface area (Å²) in [4.78, 5) is 16.6. The number of piperazine rings is 1. The SMILES string of the molecule is COc1ccc(N2CCN(C(=O)c3ccccc3)CC2)cc1N. The molecular formula is C18H21N3O2. The summed E-state index contributed by atoms with van der Waals surface area (Å²) in [7, 11) is 1.61. The van der Waals surface area contributed by atoms with Crippen LogP contribution < -0.4 is 15.4 Å². The molecule has 120 valence electrons. The molecule has 5 nitrogen and oxygen atoms in total. The van der Waals surface area contributed by atoms with Crippen molar-refractivity contribution in [1.82, 2.24) is 4.90 Å². The lowest BCUT2D eigenvalue weighted by atomic mass is 10.1. The molecule has 1 saturated heterocycles. The molecule has 1 amide bonds. The number of hydrogen-bond donors (Lipinski definition) is 1. The Morgan fingerprint density at radius 3 is 2.35 bits per heavy atom. The first-order valence-corrected chi connectivity index (χ1v) is 7.72. The highest BCUT2D eigenvalue weighted by Crippen LogP contribution is 2.27. The maximum atomic E-state index is 12.5. The van der Waals surface area contributed by atoms with E-state index in [9.17, 15) is 4.79 Å². The Morgan fingerprint density at radius 2 is 1.74 bits per heavy atom. The first kappa shape index (κ1) is 15.2. The van der Waals surface area contributed by atoms with Gasteiger partial charge in [-0.3, -0.25) is 4.79 Å². The van der Waals surface area contributed by atoms with Crippen LogP contribution >= 0.6 is 0 Å². The minimum absolute atomic E-state index is 0.0968. The molecule has 0 atom stereocenters. The topological polar surface area (TPSA) is 58.8 Å². The van der Waals surface area contributed by atoms with Gasteiger partial charge in [-0.05, 0) is 30.3 Å². The van der Waals surface area contributed by atoms with Crippen LogP contribution in [0.5, 0.6) is 5.75 Å². The lowest BCUT2D eigenvalue weighted by molar-refractivity contribution is 0.0747. The van der Waals surface area contributed by atoms with E-state index in [1.165, 1.54) is 0 Å². The second-order valence-corrected chi connectivity index (χ2v) is 5.57. The molecule has 0 aliphatic carbocycles. The molecule has 1 aliphatic heterocycles. The molecule has 23 heavy (non-hydrogen) atoms. The Hall–Kier alpha value is -2.69. The fourth-order valence-electron chi connectivity index (χ4n) is 2.85. The number of carbonyl (C=O) groups excluding carboxylic acids is 1. The van der Waals surface area contributed by atoms with Crippen LogP contribution in [0.15, 0.2) is 48.5 Å². The van der Waals surface area contributed by atoms with Gasteiger partial charge in [0.05, 0.1) is 12.8 Å². The summed E-state index contributed by atoms with van der Waals surface area (Å²) >= 11 is 0. The lowest BCUT2D eigenvalue weighted by Gasteiger charge is -2.36. The number of hydrogen-bond acceptors (Lipinski definition) is 4. The number of rotatable bonds is 3. The van der Waals surface area contributed by atoms with Gasteiger partial charge in [-0.1, -0.05) is 18.2 Å². The quantitative estimate of drug-likeness (QED) is 0.883. The molecule has 3 rings (SSSR count). The molecule has 2 aromatic rings. The third-order valence-corrected chi connectivity index (χ3v) is 4.17. The van der Waals surface area contributed by atoms with Crippen molar-refractivity contribution in [3.63, 3.8) is 0 Å². The standard InChI is InChI=1S/C18H21N3O2/c1-23-17-8-7-15(13-16(17)19)20-9-11-21(12-10-20)18(22)14-5-3-2-4-6-14/h2-8,13H,9-12,19H2,1H3. The van der Waals surface area contributed by atoms with E-state index < -0.39 is 0 Å². The number of amides is 1. The van der Waals surface area contributed by atoms with Gasteiger partial charge in [-0.25, -0.2) is 0 Å². The van der Waals surface area contributed by atoms with E-state index in [0.717, 1.165) is 24.3 Å². The van der Waals surface area contributed by atoms with E-state index in [1.807, 2.05) is 53.4 Å². The van der Waals surface area contributed by atoms with Gasteiger partial charge in [-0.15, -0.1) is 0 Å². The number of nitrogens with zero attached hydrogens (tertiary/aromatic N) is 2. The molecule has 2 aromatic carbocycles. The van der Waals surface area contributed by atoms with Gasteiger partial charge in [0.1, 0.15) is 5.75 Å². The minimum Gasteiger partial charge on any atom is -0.495 e. The van der Waals surface area contributed by atoms with Gasteiger partial charge in [-0.2, -0.15) is 0 Å². The first-order chi connectivity index (χ1) is 11.2. The zero-order valence-corrected chi connectivity index (χ0v) is 13.2. The van der Waals surface area contributed by atoms with Crippen LogP contribution in [-0.2, 0) is 0 Å². The zero-order valence-electron chi connectivity index (χ0n) is 13.2. The summed E-state index contributed by atoms with van der Waals surface area (Å²) in [6, 6.07) is 15.2. The van der Waals surface area contributed by atoms with Gasteiger partial charge < -0.3 is 20.3 Å². The highest BCUT2D eigenvalue weighted by atomic mass is 16.5. The van der Waals surface area contributed by atoms with Crippen molar-refractivity contribution in [2.24, 2.45) is 0 Å². The van der Waals surface area contributed by atoms with Crippen molar-refractivity contribution in [3.8, 4) is 5.75 Å². The average Bonchev–Trinajstić information content (AvgIpc) is 2.62. The molecule has 0 saturated carbocycles. The lowest BCUT2D eigenvalue weighted by Crippen LogP contribution is -2.48. The number of nitrogens with two attached hydrogens (primary N) is 1. The van der Waals surface area contributed by atoms with E-state index in [1.54, 1.807) is 7.11 Å². The predicted octanol–water partition coefficient (Wildman–Crippen LogP) is 2.24. The molecule has 1 aliphatic rings. The highest BCUT2D eigenvalue weighted by Gasteiger charge is 2.22. The Bertz CT molecular complexity index is 680. The van der Waals surface area contributed by atoms with E-state index in [2.05, 4.69) is 4.90 Å². The number of benzene rings is 2. The molecule has 0 radical (unpaired) electrons. The number of methoxy groups -OCH3 is 1. The maximum Gasteiger partial charge on any atom is 0.253 e. The molecular weight excluding hydrogens is 290 g/mol. The molecule has 0 bridgehead atoms. The normalized spacial score (nSPS) is 14.7. The molecule has 0 unspecified atom stereocenters. The van der Waals surface area contributed by atoms with Crippen LogP contribution in [-0.4, -0.2) is 44.1 Å². The summed E-state index contributed by atoms with van der Waals surface area (Å²) in [5, 5.41) is 0. The van der Waals surface area contributed by atoms with Gasteiger partial charge in [0.25, 0.3) is 5.91 Å². The molecule has 2 N–H and O–H groups in total. The molecule has 5 heteroatoms. The number of ether oxygens (including phenoxy) is 1. The second-order valence-electron chi connectivity index (χ2n) is 5.57. The van der Waals surface area contributed by atoms with Crippen molar-refractivity contribution in [1.29, 1.82) is 0 Å². The summed E-state index contributed by atoms with van der Waals surface area (Å²) in [6.07, 6.45) is 0. The smallest absolute Gasteiger partial charge is 0.253 e. The van der Waals surface area contributed by atoms with E-state index in [4.69, 9.17) is 10.5 Å². The van der Waals surface area contributed by atoms with Crippen molar-refractivity contribution < 1.29 is 9.53 Å². The third kappa shape index (κ3) is 3.23. The number of nitrogen functional groups attached to an aromatic ring is 1. The average molecular weight is 311 g/mol. The van der Waals surface area contributed by atoms with Crippen molar-refractivity contribution in [2.45, 2.75) is 0 Å². The van der Waals surface area contributed by atoms with Crippen LogP contribution in [0.25, 0.3) is 0 Å². The first-order valence-electron chi connectivity index (χ1n) is 7.72. The van der Waals surface area contributed by atoms with E-state index in [0.29, 0.717) is 24.5 Å². The van der Waals surface area contributed by atoms with Gasteiger partial charge in [0.15, 0.2) is 0 Å². The van der Waals surface area contributed by atoms with Gasteiger partial charge >= 0.3 is 0 Å². The summed E-state index contributed by atoms with van der Waals surface area (Å²) in [6.45, 7) is 3.01. The van der Waals surface area contributed by atoms with Gasteiger partial charge in [0, 0.05) is 37.4 Å². The Labute approximate surface area is 136 Å². The number of carbonyl (C=O) groups is 1. The molecule has 1 heterocycles. The zero-order chi connectivity index (χ0) is 16.2. The van der Waals surface area contributed by atoms with Crippen LogP contribution in [0.2, 0.25) is 0 Å². The molecule has 0 aromatic heterocycles. The summed E-state index contributed by atoms with van der Waals surface area (Å²) < 4.78 is 5.19. The fraction of sp³-hybridized carbons (Fsp3) is 0.278. The van der Waals surface area contributed by atoms with E-state index >= 15 is 0 Å². The molecule has 0 spiro atoms.